The summed E-state index contributed by atoms with van der Waals surface area (Å²) < 4.78 is 4.77. The van der Waals surface area contributed by atoms with Crippen molar-refractivity contribution < 1.29 is 14.5 Å². The molecule has 2 rings (SSSR count). The standard InChI is InChI=1S/C13H17N3O4/c1-20-9-13(17)10-2-3-11(12(8-10)16(18)19)15-6-4-14-5-7-15/h2-3,8,14H,4-7,9H2,1H3. The molecule has 108 valence electrons. The van der Waals surface area contributed by atoms with Gasteiger partial charge in [0.25, 0.3) is 5.69 Å². The highest BCUT2D eigenvalue weighted by molar-refractivity contribution is 5.98. The van der Waals surface area contributed by atoms with Crippen molar-refractivity contribution in [3.05, 3.63) is 33.9 Å². The van der Waals surface area contributed by atoms with Crippen LogP contribution in [0.2, 0.25) is 0 Å². The molecular weight excluding hydrogens is 262 g/mol. The van der Waals surface area contributed by atoms with Gasteiger partial charge in [-0.05, 0) is 12.1 Å². The molecule has 0 radical (unpaired) electrons. The molecule has 1 aliphatic rings. The molecule has 1 saturated heterocycles. The normalized spacial score (nSPS) is 15.2. The van der Waals surface area contributed by atoms with Gasteiger partial charge in [-0.3, -0.25) is 14.9 Å². The zero-order chi connectivity index (χ0) is 14.5. The predicted octanol–water partition coefficient (Wildman–Crippen LogP) is 0.834. The molecule has 0 saturated carbocycles. The van der Waals surface area contributed by atoms with Crippen molar-refractivity contribution in [2.24, 2.45) is 0 Å². The number of nitrogens with zero attached hydrogens (tertiary/aromatic N) is 2. The molecule has 1 fully saturated rings. The summed E-state index contributed by atoms with van der Waals surface area (Å²) in [6.07, 6.45) is 0. The minimum absolute atomic E-state index is 0.0335. The molecule has 0 aromatic heterocycles. The van der Waals surface area contributed by atoms with E-state index in [1.165, 1.54) is 13.2 Å². The van der Waals surface area contributed by atoms with E-state index in [9.17, 15) is 14.9 Å². The maximum absolute atomic E-state index is 11.7. The van der Waals surface area contributed by atoms with Crippen LogP contribution >= 0.6 is 0 Å². The van der Waals surface area contributed by atoms with E-state index in [1.54, 1.807) is 12.1 Å². The molecule has 1 aromatic carbocycles. The first-order chi connectivity index (χ1) is 9.63. The number of benzene rings is 1. The Morgan fingerprint density at radius 2 is 2.15 bits per heavy atom. The molecule has 1 heterocycles. The van der Waals surface area contributed by atoms with E-state index in [-0.39, 0.29) is 18.1 Å². The number of nitro benzene ring substituents is 1. The van der Waals surface area contributed by atoms with Crippen molar-refractivity contribution >= 4 is 17.2 Å². The molecule has 0 unspecified atom stereocenters. The van der Waals surface area contributed by atoms with Gasteiger partial charge in [0.15, 0.2) is 5.78 Å². The minimum atomic E-state index is -0.444. The average molecular weight is 279 g/mol. The number of nitro groups is 1. The maximum Gasteiger partial charge on any atom is 0.293 e. The van der Waals surface area contributed by atoms with E-state index in [0.29, 0.717) is 24.3 Å². The summed E-state index contributed by atoms with van der Waals surface area (Å²) in [6.45, 7) is 2.94. The SMILES string of the molecule is COCC(=O)c1ccc(N2CCNCC2)c([N+](=O)[O-])c1. The Morgan fingerprint density at radius 1 is 1.45 bits per heavy atom. The smallest absolute Gasteiger partial charge is 0.293 e. The molecule has 7 heteroatoms. The lowest BCUT2D eigenvalue weighted by Crippen LogP contribution is -2.43. The zero-order valence-electron chi connectivity index (χ0n) is 11.3. The molecule has 1 aromatic rings. The van der Waals surface area contributed by atoms with Crippen LogP contribution in [0.4, 0.5) is 11.4 Å². The van der Waals surface area contributed by atoms with Gasteiger partial charge in [0.2, 0.25) is 0 Å². The monoisotopic (exact) mass is 279 g/mol. The first kappa shape index (κ1) is 14.4. The second-order valence-electron chi connectivity index (χ2n) is 4.55. The third kappa shape index (κ3) is 3.12. The van der Waals surface area contributed by atoms with Crippen molar-refractivity contribution in [3.63, 3.8) is 0 Å². The van der Waals surface area contributed by atoms with Gasteiger partial charge in [-0.15, -0.1) is 0 Å². The van der Waals surface area contributed by atoms with Gasteiger partial charge in [0.05, 0.1) is 4.92 Å². The number of carbonyl (C=O) groups excluding carboxylic acids is 1. The van der Waals surface area contributed by atoms with Crippen molar-refractivity contribution in [2.75, 3.05) is 44.8 Å². The van der Waals surface area contributed by atoms with Gasteiger partial charge < -0.3 is 15.0 Å². The highest BCUT2D eigenvalue weighted by Gasteiger charge is 2.22. The van der Waals surface area contributed by atoms with Gasteiger partial charge in [-0.2, -0.15) is 0 Å². The second-order valence-corrected chi connectivity index (χ2v) is 4.55. The van der Waals surface area contributed by atoms with E-state index in [1.807, 2.05) is 4.90 Å². The highest BCUT2D eigenvalue weighted by Crippen LogP contribution is 2.29. The fourth-order valence-corrected chi connectivity index (χ4v) is 2.23. The quantitative estimate of drug-likeness (QED) is 0.488. The second kappa shape index (κ2) is 6.44. The fourth-order valence-electron chi connectivity index (χ4n) is 2.23. The van der Waals surface area contributed by atoms with Crippen molar-refractivity contribution in [1.29, 1.82) is 0 Å². The summed E-state index contributed by atoms with van der Waals surface area (Å²) >= 11 is 0. The fraction of sp³-hybridized carbons (Fsp3) is 0.462. The van der Waals surface area contributed by atoms with Gasteiger partial charge in [0.1, 0.15) is 12.3 Å². The predicted molar refractivity (Wildman–Crippen MR) is 74.4 cm³/mol. The summed E-state index contributed by atoms with van der Waals surface area (Å²) in [7, 11) is 1.42. The zero-order valence-corrected chi connectivity index (χ0v) is 11.3. The van der Waals surface area contributed by atoms with Crippen LogP contribution in [0.25, 0.3) is 0 Å². The van der Waals surface area contributed by atoms with Crippen molar-refractivity contribution in [2.45, 2.75) is 0 Å². The largest absolute Gasteiger partial charge is 0.377 e. The molecule has 1 aliphatic heterocycles. The molecular formula is C13H17N3O4. The summed E-state index contributed by atoms with van der Waals surface area (Å²) in [4.78, 5) is 24.5. The lowest BCUT2D eigenvalue weighted by Gasteiger charge is -2.29. The first-order valence-electron chi connectivity index (χ1n) is 6.39. The summed E-state index contributed by atoms with van der Waals surface area (Å²) in [5.41, 5.74) is 0.830. The number of carbonyl (C=O) groups is 1. The molecule has 20 heavy (non-hydrogen) atoms. The van der Waals surface area contributed by atoms with Crippen LogP contribution in [0.3, 0.4) is 0 Å². The lowest BCUT2D eigenvalue weighted by molar-refractivity contribution is -0.384. The number of ether oxygens (including phenoxy) is 1. The van der Waals surface area contributed by atoms with E-state index in [2.05, 4.69) is 5.32 Å². The highest BCUT2D eigenvalue weighted by atomic mass is 16.6. The number of ketones is 1. The number of methoxy groups -OCH3 is 1. The summed E-state index contributed by atoms with van der Waals surface area (Å²) in [6, 6.07) is 4.59. The van der Waals surface area contributed by atoms with Crippen LogP contribution in [0.5, 0.6) is 0 Å². The summed E-state index contributed by atoms with van der Waals surface area (Å²) in [5, 5.41) is 14.4. The molecule has 0 bridgehead atoms. The van der Waals surface area contributed by atoms with Gasteiger partial charge in [0, 0.05) is 44.9 Å². The average Bonchev–Trinajstić information content (AvgIpc) is 2.47. The third-order valence-electron chi connectivity index (χ3n) is 3.23. The minimum Gasteiger partial charge on any atom is -0.377 e. The number of hydrogen-bond acceptors (Lipinski definition) is 6. The number of rotatable bonds is 5. The Balaban J connectivity index is 2.32. The van der Waals surface area contributed by atoms with Gasteiger partial charge in [-0.1, -0.05) is 0 Å². The number of nitrogens with one attached hydrogen (secondary N) is 1. The molecule has 0 spiro atoms. The van der Waals surface area contributed by atoms with E-state index in [4.69, 9.17) is 4.74 Å². The van der Waals surface area contributed by atoms with E-state index >= 15 is 0 Å². The first-order valence-corrected chi connectivity index (χ1v) is 6.39. The molecule has 0 amide bonds. The Kier molecular flexibility index (Phi) is 4.65. The Bertz CT molecular complexity index is 512. The van der Waals surface area contributed by atoms with Crippen LogP contribution in [0, 0.1) is 10.1 Å². The number of anilines is 1. The molecule has 1 N–H and O–H groups in total. The Morgan fingerprint density at radius 3 is 2.75 bits per heavy atom. The van der Waals surface area contributed by atoms with Crippen molar-refractivity contribution in [3.8, 4) is 0 Å². The number of piperazine rings is 1. The molecule has 0 aliphatic carbocycles. The van der Waals surface area contributed by atoms with Crippen LogP contribution in [-0.2, 0) is 4.74 Å². The topological polar surface area (TPSA) is 84.7 Å². The van der Waals surface area contributed by atoms with Crippen LogP contribution < -0.4 is 10.2 Å². The Hall–Kier alpha value is -1.99. The number of hydrogen-bond donors (Lipinski definition) is 1. The Labute approximate surface area is 116 Å². The van der Waals surface area contributed by atoms with Crippen LogP contribution in [0.1, 0.15) is 10.4 Å². The maximum atomic E-state index is 11.7. The third-order valence-corrected chi connectivity index (χ3v) is 3.23. The summed E-state index contributed by atoms with van der Waals surface area (Å²) in [5.74, 6) is -0.262. The van der Waals surface area contributed by atoms with E-state index < -0.39 is 4.92 Å². The number of Topliss-reactive ketones (excluding diaryl/α,β-unsaturated/α-hetero) is 1. The van der Waals surface area contributed by atoms with E-state index in [0.717, 1.165) is 13.1 Å². The van der Waals surface area contributed by atoms with Crippen LogP contribution in [-0.4, -0.2) is 50.6 Å². The van der Waals surface area contributed by atoms with Gasteiger partial charge in [-0.25, -0.2) is 0 Å². The van der Waals surface area contributed by atoms with Gasteiger partial charge >= 0.3 is 0 Å². The molecule has 7 nitrogen and oxygen atoms in total. The van der Waals surface area contributed by atoms with Crippen LogP contribution in [0.15, 0.2) is 18.2 Å². The van der Waals surface area contributed by atoms with Crippen molar-refractivity contribution in [1.82, 2.24) is 5.32 Å². The lowest BCUT2D eigenvalue weighted by atomic mass is 10.1. The molecule has 0 atom stereocenters.